The molecular formula is C22H23NO9. The monoisotopic (exact) mass is 445 g/mol. The molecule has 170 valence electrons. The number of quaternary nitrogens is 1. The number of fused-ring (bicyclic) bond motifs is 2. The van der Waals surface area contributed by atoms with Crippen LogP contribution in [0.3, 0.4) is 0 Å². The van der Waals surface area contributed by atoms with E-state index in [0.29, 0.717) is 11.0 Å². The molecule has 1 aliphatic rings. The summed E-state index contributed by atoms with van der Waals surface area (Å²) in [7, 11) is 5.66. The SMILES string of the molecule is C[N+](C)(C)CC(O)CC(=O)[O-].O=C(O)c1cc(O)c2c(c1)C(=O)c1cccc(O)c1C2=O. The third-order valence-corrected chi connectivity index (χ3v) is 4.51. The van der Waals surface area contributed by atoms with Gasteiger partial charge in [0.05, 0.1) is 37.8 Å². The van der Waals surface area contributed by atoms with Gasteiger partial charge in [-0.05, 0) is 18.2 Å². The summed E-state index contributed by atoms with van der Waals surface area (Å²) >= 11 is 0. The third-order valence-electron chi connectivity index (χ3n) is 4.51. The average Bonchev–Trinajstić information content (AvgIpc) is 2.63. The lowest BCUT2D eigenvalue weighted by molar-refractivity contribution is -0.873. The van der Waals surface area contributed by atoms with Crippen LogP contribution in [0, 0.1) is 0 Å². The van der Waals surface area contributed by atoms with Crippen molar-refractivity contribution in [3.63, 3.8) is 0 Å². The predicted molar refractivity (Wildman–Crippen MR) is 109 cm³/mol. The van der Waals surface area contributed by atoms with Crippen molar-refractivity contribution >= 4 is 23.5 Å². The number of benzene rings is 2. The molecule has 1 aliphatic carbocycles. The zero-order valence-corrected chi connectivity index (χ0v) is 17.7. The van der Waals surface area contributed by atoms with Crippen molar-refractivity contribution < 1.29 is 49.2 Å². The summed E-state index contributed by atoms with van der Waals surface area (Å²) < 4.78 is 0.550. The number of phenolic OH excluding ortho intramolecular Hbond substituents is 2. The Bertz CT molecular complexity index is 1100. The first-order valence-electron chi connectivity index (χ1n) is 9.43. The molecule has 2 aromatic carbocycles. The van der Waals surface area contributed by atoms with E-state index in [1.807, 2.05) is 21.1 Å². The number of nitrogens with zero attached hydrogens (tertiary/aromatic N) is 1. The van der Waals surface area contributed by atoms with Crippen molar-refractivity contribution in [1.29, 1.82) is 0 Å². The molecule has 0 amide bonds. The van der Waals surface area contributed by atoms with Gasteiger partial charge in [0.25, 0.3) is 0 Å². The standard InChI is InChI=1S/C15H8O6.C7H15NO3/c16-9-3-1-2-7-11(9)14(19)12-8(13(7)18)4-6(15(20)21)5-10(12)17;1-8(2,3)5-6(9)4-7(10)11/h1-5,16-17H,(H,20,21);6,9H,4-5H2,1-3H3. The molecule has 32 heavy (non-hydrogen) atoms. The Kier molecular flexibility index (Phi) is 7.02. The number of hydrogen-bond acceptors (Lipinski definition) is 8. The van der Waals surface area contributed by atoms with Crippen LogP contribution >= 0.6 is 0 Å². The van der Waals surface area contributed by atoms with Crippen LogP contribution in [0.5, 0.6) is 11.5 Å². The lowest BCUT2D eigenvalue weighted by Crippen LogP contribution is -2.43. The number of carbonyl (C=O) groups is 4. The number of aliphatic carboxylic acids is 1. The van der Waals surface area contributed by atoms with E-state index >= 15 is 0 Å². The Hall–Kier alpha value is -3.76. The van der Waals surface area contributed by atoms with Gasteiger partial charge in [-0.1, -0.05) is 12.1 Å². The molecule has 10 nitrogen and oxygen atoms in total. The molecule has 4 N–H and O–H groups in total. The summed E-state index contributed by atoms with van der Waals surface area (Å²) in [6.45, 7) is 0.425. The van der Waals surface area contributed by atoms with Crippen LogP contribution in [0.1, 0.15) is 48.6 Å². The molecule has 2 aromatic rings. The second-order valence-electron chi connectivity index (χ2n) is 8.28. The minimum absolute atomic E-state index is 0.0190. The largest absolute Gasteiger partial charge is 0.550 e. The summed E-state index contributed by atoms with van der Waals surface area (Å²) in [6, 6.07) is 5.98. The number of carbonyl (C=O) groups excluding carboxylic acids is 3. The van der Waals surface area contributed by atoms with E-state index in [1.165, 1.54) is 18.2 Å². The summed E-state index contributed by atoms with van der Waals surface area (Å²) in [4.78, 5) is 45.7. The Morgan fingerprint density at radius 3 is 2.09 bits per heavy atom. The number of phenols is 2. The van der Waals surface area contributed by atoms with E-state index in [4.69, 9.17) is 10.2 Å². The Balaban J connectivity index is 0.000000282. The molecule has 0 saturated heterocycles. The molecule has 0 heterocycles. The van der Waals surface area contributed by atoms with Crippen molar-refractivity contribution in [2.24, 2.45) is 0 Å². The Labute approximate surface area is 183 Å². The number of aromatic hydroxyl groups is 2. The number of ketones is 2. The number of hydrogen-bond donors (Lipinski definition) is 4. The summed E-state index contributed by atoms with van der Waals surface area (Å²) in [6.07, 6.45) is -1.09. The van der Waals surface area contributed by atoms with Gasteiger partial charge >= 0.3 is 5.97 Å². The molecule has 0 bridgehead atoms. The molecule has 1 atom stereocenters. The molecule has 1 unspecified atom stereocenters. The van der Waals surface area contributed by atoms with Crippen LogP contribution in [-0.4, -0.2) is 82.2 Å². The predicted octanol–water partition coefficient (Wildman–Crippen LogP) is -0.235. The van der Waals surface area contributed by atoms with E-state index in [1.54, 1.807) is 0 Å². The van der Waals surface area contributed by atoms with E-state index in [9.17, 15) is 34.5 Å². The summed E-state index contributed by atoms with van der Waals surface area (Å²) in [5.74, 6) is -4.82. The van der Waals surface area contributed by atoms with Gasteiger partial charge in [0.15, 0.2) is 5.78 Å². The first-order valence-corrected chi connectivity index (χ1v) is 9.43. The van der Waals surface area contributed by atoms with Crippen LogP contribution in [0.4, 0.5) is 0 Å². The van der Waals surface area contributed by atoms with Crippen molar-refractivity contribution in [1.82, 2.24) is 0 Å². The van der Waals surface area contributed by atoms with Crippen LogP contribution < -0.4 is 5.11 Å². The number of aliphatic hydroxyl groups excluding tert-OH is 1. The number of aromatic carboxylic acids is 1. The Morgan fingerprint density at radius 2 is 1.56 bits per heavy atom. The van der Waals surface area contributed by atoms with Gasteiger partial charge in [-0.3, -0.25) is 9.59 Å². The van der Waals surface area contributed by atoms with Crippen LogP contribution in [0.25, 0.3) is 0 Å². The number of carboxylic acids is 2. The maximum Gasteiger partial charge on any atom is 0.335 e. The summed E-state index contributed by atoms with van der Waals surface area (Å²) in [5, 5.41) is 47.7. The van der Waals surface area contributed by atoms with E-state index in [2.05, 4.69) is 0 Å². The van der Waals surface area contributed by atoms with Crippen LogP contribution in [0.15, 0.2) is 30.3 Å². The van der Waals surface area contributed by atoms with Gasteiger partial charge < -0.3 is 34.8 Å². The Morgan fingerprint density at radius 1 is 0.969 bits per heavy atom. The minimum Gasteiger partial charge on any atom is -0.550 e. The average molecular weight is 445 g/mol. The fourth-order valence-electron chi connectivity index (χ4n) is 3.30. The fraction of sp³-hybridized carbons (Fsp3) is 0.273. The van der Waals surface area contributed by atoms with Gasteiger partial charge in [0.2, 0.25) is 5.78 Å². The second-order valence-corrected chi connectivity index (χ2v) is 8.28. The van der Waals surface area contributed by atoms with E-state index < -0.39 is 35.4 Å². The number of aliphatic hydroxyl groups is 1. The topological polar surface area (TPSA) is 172 Å². The highest BCUT2D eigenvalue weighted by molar-refractivity contribution is 6.30. The summed E-state index contributed by atoms with van der Waals surface area (Å²) in [5.41, 5.74) is -0.978. The lowest BCUT2D eigenvalue weighted by atomic mass is 9.82. The smallest absolute Gasteiger partial charge is 0.335 e. The molecule has 3 rings (SSSR count). The van der Waals surface area contributed by atoms with Gasteiger partial charge in [0, 0.05) is 23.5 Å². The first-order chi connectivity index (χ1) is 14.7. The molecule has 0 saturated carbocycles. The van der Waals surface area contributed by atoms with E-state index in [-0.39, 0.29) is 40.0 Å². The van der Waals surface area contributed by atoms with Crippen LogP contribution in [-0.2, 0) is 4.79 Å². The molecule has 0 spiro atoms. The van der Waals surface area contributed by atoms with Gasteiger partial charge in [0.1, 0.15) is 24.1 Å². The molecule has 0 fully saturated rings. The number of rotatable bonds is 5. The number of likely N-dealkylation sites (N-methyl/N-ethyl adjacent to an activating group) is 1. The lowest BCUT2D eigenvalue weighted by Gasteiger charge is -2.26. The quantitative estimate of drug-likeness (QED) is 0.387. The minimum atomic E-state index is -1.32. The maximum atomic E-state index is 12.4. The zero-order chi connectivity index (χ0) is 24.4. The van der Waals surface area contributed by atoms with Crippen molar-refractivity contribution in [3.05, 3.63) is 58.1 Å². The van der Waals surface area contributed by atoms with Crippen molar-refractivity contribution in [2.45, 2.75) is 12.5 Å². The van der Waals surface area contributed by atoms with Crippen molar-refractivity contribution in [2.75, 3.05) is 27.7 Å². The van der Waals surface area contributed by atoms with Gasteiger partial charge in [-0.25, -0.2) is 4.79 Å². The number of carboxylic acid groups (broad SMARTS) is 2. The van der Waals surface area contributed by atoms with Gasteiger partial charge in [-0.15, -0.1) is 0 Å². The van der Waals surface area contributed by atoms with E-state index in [0.717, 1.165) is 12.1 Å². The normalized spacial score (nSPS) is 13.4. The molecule has 0 aliphatic heterocycles. The molecule has 0 radical (unpaired) electrons. The third kappa shape index (κ3) is 5.48. The molecular weight excluding hydrogens is 422 g/mol. The highest BCUT2D eigenvalue weighted by Gasteiger charge is 2.34. The highest BCUT2D eigenvalue weighted by Crippen LogP contribution is 2.37. The highest BCUT2D eigenvalue weighted by atomic mass is 16.4. The van der Waals surface area contributed by atoms with Crippen LogP contribution in [0.2, 0.25) is 0 Å². The maximum absolute atomic E-state index is 12.4. The zero-order valence-electron chi connectivity index (χ0n) is 17.7. The van der Waals surface area contributed by atoms with Crippen molar-refractivity contribution in [3.8, 4) is 11.5 Å². The molecule has 10 heteroatoms. The second kappa shape index (κ2) is 9.16. The fourth-order valence-corrected chi connectivity index (χ4v) is 3.30. The first kappa shape index (κ1) is 24.5. The molecule has 0 aromatic heterocycles. The van der Waals surface area contributed by atoms with Gasteiger partial charge in [-0.2, -0.15) is 0 Å².